The number of rotatable bonds is 7. The summed E-state index contributed by atoms with van der Waals surface area (Å²) in [5.41, 5.74) is 2.71. The first-order valence-corrected chi connectivity index (χ1v) is 13.3. The Labute approximate surface area is 201 Å². The number of hydrogen-bond acceptors (Lipinski definition) is 5. The van der Waals surface area contributed by atoms with Crippen molar-refractivity contribution >= 4 is 50.8 Å². The second-order valence-electron chi connectivity index (χ2n) is 8.41. The molecule has 0 radical (unpaired) electrons. The van der Waals surface area contributed by atoms with Crippen LogP contribution in [0.2, 0.25) is 5.02 Å². The molecule has 0 saturated carbocycles. The fourth-order valence-electron chi connectivity index (χ4n) is 4.18. The van der Waals surface area contributed by atoms with Gasteiger partial charge < -0.3 is 5.32 Å². The van der Waals surface area contributed by atoms with Crippen LogP contribution in [0, 0.1) is 6.92 Å². The number of carbonyl (C=O) groups is 1. The molecule has 8 heteroatoms. The van der Waals surface area contributed by atoms with Crippen molar-refractivity contribution in [2.24, 2.45) is 0 Å². The summed E-state index contributed by atoms with van der Waals surface area (Å²) in [7, 11) is 0. The van der Waals surface area contributed by atoms with Crippen LogP contribution in [-0.4, -0.2) is 27.3 Å². The number of benzene rings is 1. The Morgan fingerprint density at radius 2 is 2.12 bits per heavy atom. The minimum absolute atomic E-state index is 0.0516. The van der Waals surface area contributed by atoms with Gasteiger partial charge in [0.1, 0.15) is 4.83 Å². The molecule has 0 aliphatic heterocycles. The zero-order valence-electron chi connectivity index (χ0n) is 18.7. The molecule has 4 rings (SSSR count). The van der Waals surface area contributed by atoms with Crippen molar-refractivity contribution in [2.75, 3.05) is 5.75 Å². The molecule has 170 valence electrons. The van der Waals surface area contributed by atoms with E-state index in [0.717, 1.165) is 59.9 Å². The number of nitrogens with zero attached hydrogens (tertiary/aromatic N) is 2. The lowest BCUT2D eigenvalue weighted by atomic mass is 9.97. The summed E-state index contributed by atoms with van der Waals surface area (Å²) in [4.78, 5) is 33.2. The molecular weight excluding hydrogens is 462 g/mol. The van der Waals surface area contributed by atoms with E-state index in [2.05, 4.69) is 12.2 Å². The number of amides is 1. The normalized spacial score (nSPS) is 14.4. The number of aryl methyl sites for hydroxylation is 3. The number of hydrogen-bond donors (Lipinski definition) is 1. The van der Waals surface area contributed by atoms with Gasteiger partial charge in [0.05, 0.1) is 16.8 Å². The minimum atomic E-state index is -0.0726. The molecule has 1 unspecified atom stereocenters. The lowest BCUT2D eigenvalue weighted by molar-refractivity contribution is -0.119. The van der Waals surface area contributed by atoms with E-state index in [4.69, 9.17) is 16.6 Å². The summed E-state index contributed by atoms with van der Waals surface area (Å²) in [5.74, 6) is 0.153. The average Bonchev–Trinajstić information content (AvgIpc) is 3.13. The first-order chi connectivity index (χ1) is 15.4. The van der Waals surface area contributed by atoms with E-state index in [0.29, 0.717) is 15.9 Å². The third-order valence-electron chi connectivity index (χ3n) is 5.83. The van der Waals surface area contributed by atoms with Crippen LogP contribution in [0.4, 0.5) is 0 Å². The quantitative estimate of drug-likeness (QED) is 0.342. The molecule has 1 aromatic carbocycles. The van der Waals surface area contributed by atoms with Crippen molar-refractivity contribution in [3.63, 3.8) is 0 Å². The Balaban J connectivity index is 1.77. The topological polar surface area (TPSA) is 64.0 Å². The van der Waals surface area contributed by atoms with Crippen molar-refractivity contribution in [2.45, 2.75) is 70.5 Å². The fourth-order valence-corrected chi connectivity index (χ4v) is 6.48. The number of thiophene rings is 1. The molecule has 1 N–H and O–H groups in total. The summed E-state index contributed by atoms with van der Waals surface area (Å²) in [6.45, 7) is 6.04. The van der Waals surface area contributed by atoms with Gasteiger partial charge in [-0.2, -0.15) is 0 Å². The number of nitrogens with one attached hydrogen (secondary N) is 1. The molecule has 0 saturated heterocycles. The smallest absolute Gasteiger partial charge is 0.267 e. The van der Waals surface area contributed by atoms with Gasteiger partial charge in [-0.25, -0.2) is 4.98 Å². The van der Waals surface area contributed by atoms with Crippen LogP contribution in [0.3, 0.4) is 0 Å². The molecule has 0 bridgehead atoms. The Kier molecular flexibility index (Phi) is 7.27. The molecule has 2 heterocycles. The molecule has 0 fully saturated rings. The SMILES string of the molecule is CCCC(C)NC(=O)CSc1nc2sc3c(c2c(=O)n1-c1ccc(C)c(Cl)c1)CCCC3. The van der Waals surface area contributed by atoms with Gasteiger partial charge in [-0.05, 0) is 69.2 Å². The minimum Gasteiger partial charge on any atom is -0.353 e. The monoisotopic (exact) mass is 489 g/mol. The average molecular weight is 490 g/mol. The highest BCUT2D eigenvalue weighted by atomic mass is 35.5. The van der Waals surface area contributed by atoms with Crippen molar-refractivity contribution in [3.8, 4) is 5.69 Å². The van der Waals surface area contributed by atoms with E-state index in [9.17, 15) is 9.59 Å². The molecule has 5 nitrogen and oxygen atoms in total. The molecular formula is C24H28ClN3O2S2. The summed E-state index contributed by atoms with van der Waals surface area (Å²) in [6.07, 6.45) is 6.13. The lowest BCUT2D eigenvalue weighted by Crippen LogP contribution is -2.34. The maximum atomic E-state index is 13.8. The number of carbonyl (C=O) groups excluding carboxylic acids is 1. The van der Waals surface area contributed by atoms with Crippen molar-refractivity contribution < 1.29 is 4.79 Å². The summed E-state index contributed by atoms with van der Waals surface area (Å²) in [6, 6.07) is 5.73. The molecule has 0 spiro atoms. The first kappa shape index (κ1) is 23.3. The lowest BCUT2D eigenvalue weighted by Gasteiger charge is -2.15. The third-order valence-corrected chi connectivity index (χ3v) is 8.36. The highest BCUT2D eigenvalue weighted by Crippen LogP contribution is 2.35. The van der Waals surface area contributed by atoms with Crippen LogP contribution in [0.1, 0.15) is 55.5 Å². The summed E-state index contributed by atoms with van der Waals surface area (Å²) < 4.78 is 1.63. The number of fused-ring (bicyclic) bond motifs is 3. The molecule has 1 amide bonds. The molecule has 3 aromatic rings. The fraction of sp³-hybridized carbons (Fsp3) is 0.458. The molecule has 1 aliphatic carbocycles. The van der Waals surface area contributed by atoms with Gasteiger partial charge in [-0.1, -0.05) is 42.8 Å². The van der Waals surface area contributed by atoms with E-state index < -0.39 is 0 Å². The van der Waals surface area contributed by atoms with E-state index >= 15 is 0 Å². The maximum Gasteiger partial charge on any atom is 0.267 e. The van der Waals surface area contributed by atoms with Gasteiger partial charge in [-0.15, -0.1) is 11.3 Å². The predicted octanol–water partition coefficient (Wildman–Crippen LogP) is 5.68. The Morgan fingerprint density at radius 1 is 1.34 bits per heavy atom. The zero-order valence-corrected chi connectivity index (χ0v) is 21.1. The summed E-state index contributed by atoms with van der Waals surface area (Å²) in [5, 5.41) is 4.88. The number of aromatic nitrogens is 2. The van der Waals surface area contributed by atoms with Gasteiger partial charge in [0.25, 0.3) is 5.56 Å². The van der Waals surface area contributed by atoms with Gasteiger partial charge in [0.15, 0.2) is 5.16 Å². The molecule has 2 aromatic heterocycles. The van der Waals surface area contributed by atoms with E-state index in [1.165, 1.54) is 16.6 Å². The standard InChI is InChI=1S/C24H28ClN3O2S2/c1-4-7-15(3)26-20(29)13-31-24-27-22-21(17-8-5-6-9-19(17)32-22)23(30)28(24)16-11-10-14(2)18(25)12-16/h10-12,15H,4-9,13H2,1-3H3,(H,26,29). The van der Waals surface area contributed by atoms with Gasteiger partial charge in [0, 0.05) is 15.9 Å². The highest BCUT2D eigenvalue weighted by molar-refractivity contribution is 7.99. The van der Waals surface area contributed by atoms with E-state index in [-0.39, 0.29) is 23.3 Å². The maximum absolute atomic E-state index is 13.8. The van der Waals surface area contributed by atoms with Gasteiger partial charge in [-0.3, -0.25) is 14.2 Å². The third kappa shape index (κ3) is 4.75. The largest absolute Gasteiger partial charge is 0.353 e. The number of thioether (sulfide) groups is 1. The predicted molar refractivity (Wildman–Crippen MR) is 135 cm³/mol. The van der Waals surface area contributed by atoms with Crippen LogP contribution >= 0.6 is 34.7 Å². The van der Waals surface area contributed by atoms with Crippen molar-refractivity contribution in [3.05, 3.63) is 49.6 Å². The van der Waals surface area contributed by atoms with E-state index in [1.807, 2.05) is 26.0 Å². The zero-order chi connectivity index (χ0) is 22.8. The second kappa shape index (κ2) is 9.98. The van der Waals surface area contributed by atoms with Gasteiger partial charge in [0.2, 0.25) is 5.91 Å². The molecule has 1 aliphatic rings. The Morgan fingerprint density at radius 3 is 2.88 bits per heavy atom. The van der Waals surface area contributed by atoms with Crippen LogP contribution < -0.4 is 10.9 Å². The molecule has 32 heavy (non-hydrogen) atoms. The van der Waals surface area contributed by atoms with Crippen LogP contribution in [0.25, 0.3) is 15.9 Å². The first-order valence-electron chi connectivity index (χ1n) is 11.1. The molecule has 1 atom stereocenters. The number of halogens is 1. The Bertz CT molecular complexity index is 1220. The Hall–Kier alpha value is -1.83. The van der Waals surface area contributed by atoms with Gasteiger partial charge >= 0.3 is 0 Å². The summed E-state index contributed by atoms with van der Waals surface area (Å²) >= 11 is 9.31. The van der Waals surface area contributed by atoms with Crippen molar-refractivity contribution in [1.29, 1.82) is 0 Å². The van der Waals surface area contributed by atoms with Crippen LogP contribution in [-0.2, 0) is 17.6 Å². The van der Waals surface area contributed by atoms with Crippen molar-refractivity contribution in [1.82, 2.24) is 14.9 Å². The second-order valence-corrected chi connectivity index (χ2v) is 10.8. The van der Waals surface area contributed by atoms with Crippen LogP contribution in [0.15, 0.2) is 28.2 Å². The van der Waals surface area contributed by atoms with Crippen LogP contribution in [0.5, 0.6) is 0 Å². The highest BCUT2D eigenvalue weighted by Gasteiger charge is 2.23. The van der Waals surface area contributed by atoms with E-state index in [1.54, 1.807) is 22.0 Å².